The molecular formula is C20H20ClN3O3. The molecule has 0 unspecified atom stereocenters. The average Bonchev–Trinajstić information content (AvgIpc) is 2.67. The van der Waals surface area contributed by atoms with E-state index in [2.05, 4.69) is 16.4 Å². The Kier molecular flexibility index (Phi) is 6.07. The van der Waals surface area contributed by atoms with Crippen LogP contribution in [0.1, 0.15) is 39.3 Å². The van der Waals surface area contributed by atoms with Crippen molar-refractivity contribution >= 4 is 17.5 Å². The second kappa shape index (κ2) is 8.49. The molecule has 1 saturated heterocycles. The molecule has 2 aromatic rings. The van der Waals surface area contributed by atoms with Gasteiger partial charge in [0.2, 0.25) is 0 Å². The number of nitrogens with one attached hydrogen (secondary N) is 1. The van der Waals surface area contributed by atoms with Crippen molar-refractivity contribution in [2.24, 2.45) is 0 Å². The van der Waals surface area contributed by atoms with Crippen LogP contribution in [0, 0.1) is 18.3 Å². The number of hydrogen-bond acceptors (Lipinski definition) is 5. The molecule has 2 heterocycles. The van der Waals surface area contributed by atoms with Crippen molar-refractivity contribution in [1.29, 1.82) is 5.26 Å². The molecule has 0 aliphatic carbocycles. The van der Waals surface area contributed by atoms with E-state index >= 15 is 0 Å². The number of pyridine rings is 1. The number of ether oxygens (including phenoxy) is 1. The van der Waals surface area contributed by atoms with Crippen LogP contribution >= 0.6 is 11.6 Å². The molecule has 1 aliphatic heterocycles. The molecule has 2 atom stereocenters. The van der Waals surface area contributed by atoms with E-state index in [0.717, 1.165) is 11.1 Å². The maximum atomic E-state index is 12.6. The predicted octanol–water partition coefficient (Wildman–Crippen LogP) is 2.39. The summed E-state index contributed by atoms with van der Waals surface area (Å²) in [5.74, 6) is -0.370. The topological polar surface area (TPSA) is 95.2 Å². The summed E-state index contributed by atoms with van der Waals surface area (Å²) in [6, 6.07) is 10.5. The van der Waals surface area contributed by atoms with Crippen LogP contribution in [0.5, 0.6) is 0 Å². The van der Waals surface area contributed by atoms with E-state index in [-0.39, 0.29) is 18.2 Å². The first-order valence-electron chi connectivity index (χ1n) is 8.69. The lowest BCUT2D eigenvalue weighted by Gasteiger charge is -2.28. The number of aliphatic hydroxyl groups is 1. The molecule has 0 spiro atoms. The van der Waals surface area contributed by atoms with Gasteiger partial charge in [-0.05, 0) is 49.1 Å². The fourth-order valence-corrected chi connectivity index (χ4v) is 3.16. The molecule has 140 valence electrons. The average molecular weight is 386 g/mol. The first kappa shape index (κ1) is 19.3. The highest BCUT2D eigenvalue weighted by Gasteiger charge is 2.26. The molecule has 1 aromatic heterocycles. The Hall–Kier alpha value is -2.46. The number of amides is 1. The molecule has 1 aromatic carbocycles. The van der Waals surface area contributed by atoms with E-state index in [0.29, 0.717) is 35.7 Å². The van der Waals surface area contributed by atoms with E-state index in [1.165, 1.54) is 0 Å². The number of aryl methyl sites for hydroxylation is 1. The van der Waals surface area contributed by atoms with Crippen LogP contribution in [-0.2, 0) is 11.2 Å². The van der Waals surface area contributed by atoms with Crippen LogP contribution in [0.4, 0.5) is 0 Å². The molecular weight excluding hydrogens is 366 g/mol. The molecule has 1 fully saturated rings. The predicted molar refractivity (Wildman–Crippen MR) is 101 cm³/mol. The largest absolute Gasteiger partial charge is 0.391 e. The van der Waals surface area contributed by atoms with Crippen LogP contribution < -0.4 is 5.32 Å². The fraction of sp³-hybridized carbons (Fsp3) is 0.350. The molecule has 6 nitrogen and oxygen atoms in total. The van der Waals surface area contributed by atoms with E-state index in [1.807, 2.05) is 12.1 Å². The van der Waals surface area contributed by atoms with Gasteiger partial charge in [-0.1, -0.05) is 23.7 Å². The lowest BCUT2D eigenvalue weighted by Crippen LogP contribution is -2.49. The fourth-order valence-electron chi connectivity index (χ4n) is 2.99. The van der Waals surface area contributed by atoms with Crippen LogP contribution in [0.25, 0.3) is 0 Å². The van der Waals surface area contributed by atoms with Crippen molar-refractivity contribution in [2.45, 2.75) is 31.9 Å². The van der Waals surface area contributed by atoms with Gasteiger partial charge in [0.1, 0.15) is 5.69 Å². The van der Waals surface area contributed by atoms with Crippen LogP contribution in [-0.4, -0.2) is 41.4 Å². The highest BCUT2D eigenvalue weighted by Crippen LogP contribution is 2.23. The third kappa shape index (κ3) is 4.64. The highest BCUT2D eigenvalue weighted by molar-refractivity contribution is 6.32. The van der Waals surface area contributed by atoms with Gasteiger partial charge in [-0.3, -0.25) is 4.79 Å². The highest BCUT2D eigenvalue weighted by atomic mass is 35.5. The van der Waals surface area contributed by atoms with Crippen molar-refractivity contribution in [3.05, 3.63) is 63.4 Å². The van der Waals surface area contributed by atoms with Gasteiger partial charge in [0.15, 0.2) is 0 Å². The summed E-state index contributed by atoms with van der Waals surface area (Å²) >= 11 is 6.39. The van der Waals surface area contributed by atoms with Crippen LogP contribution in [0.3, 0.4) is 0 Å². The number of nitriles is 1. The quantitative estimate of drug-likeness (QED) is 0.842. The summed E-state index contributed by atoms with van der Waals surface area (Å²) in [5.41, 5.74) is 3.15. The maximum absolute atomic E-state index is 12.6. The first-order chi connectivity index (χ1) is 13.0. The molecule has 2 N–H and O–H groups in total. The standard InChI is InChI=1S/C20H20ClN3O3/c1-12-19(21)15(8-13-2-4-14(10-22)5-3-13)9-16(23-12)20(26)24-17-11-27-7-6-18(17)25/h2-5,9,17-18,25H,6-8,11H2,1H3,(H,24,26)/t17-,18-/m0/s1. The molecule has 0 bridgehead atoms. The minimum absolute atomic E-state index is 0.248. The molecule has 0 saturated carbocycles. The number of carbonyl (C=O) groups excluding carboxylic acids is 1. The Labute approximate surface area is 162 Å². The molecule has 3 rings (SSSR count). The summed E-state index contributed by atoms with van der Waals surface area (Å²) in [5, 5.41) is 22.2. The third-order valence-corrected chi connectivity index (χ3v) is 5.06. The van der Waals surface area contributed by atoms with Gasteiger partial charge in [0, 0.05) is 6.61 Å². The normalized spacial score (nSPS) is 19.3. The van der Waals surface area contributed by atoms with E-state index < -0.39 is 12.1 Å². The van der Waals surface area contributed by atoms with Gasteiger partial charge < -0.3 is 15.2 Å². The molecule has 7 heteroatoms. The number of halogens is 1. The Morgan fingerprint density at radius 1 is 1.44 bits per heavy atom. The Morgan fingerprint density at radius 3 is 2.85 bits per heavy atom. The van der Waals surface area contributed by atoms with Crippen molar-refractivity contribution in [3.8, 4) is 6.07 Å². The molecule has 1 amide bonds. The van der Waals surface area contributed by atoms with Crippen LogP contribution in [0.15, 0.2) is 30.3 Å². The lowest BCUT2D eigenvalue weighted by atomic mass is 10.0. The lowest BCUT2D eigenvalue weighted by molar-refractivity contribution is -0.0140. The summed E-state index contributed by atoms with van der Waals surface area (Å²) in [4.78, 5) is 16.9. The summed E-state index contributed by atoms with van der Waals surface area (Å²) in [6.07, 6.45) is 0.375. The summed E-state index contributed by atoms with van der Waals surface area (Å²) < 4.78 is 5.31. The number of rotatable bonds is 4. The minimum Gasteiger partial charge on any atom is -0.391 e. The van der Waals surface area contributed by atoms with Crippen molar-refractivity contribution in [1.82, 2.24) is 10.3 Å². The van der Waals surface area contributed by atoms with Gasteiger partial charge in [0.05, 0.1) is 41.1 Å². The number of hydrogen-bond donors (Lipinski definition) is 2. The van der Waals surface area contributed by atoms with Gasteiger partial charge >= 0.3 is 0 Å². The Balaban J connectivity index is 1.80. The summed E-state index contributed by atoms with van der Waals surface area (Å²) in [7, 11) is 0. The first-order valence-corrected chi connectivity index (χ1v) is 9.07. The molecule has 27 heavy (non-hydrogen) atoms. The Morgan fingerprint density at radius 2 is 2.19 bits per heavy atom. The van der Waals surface area contributed by atoms with Gasteiger partial charge in [-0.2, -0.15) is 5.26 Å². The zero-order valence-electron chi connectivity index (χ0n) is 14.9. The van der Waals surface area contributed by atoms with Gasteiger partial charge in [-0.15, -0.1) is 0 Å². The zero-order chi connectivity index (χ0) is 19.4. The van der Waals surface area contributed by atoms with Gasteiger partial charge in [-0.25, -0.2) is 4.98 Å². The SMILES string of the molecule is Cc1nc(C(=O)N[C@H]2COCC[C@@H]2O)cc(Cc2ccc(C#N)cc2)c1Cl. The Bertz CT molecular complexity index is 877. The minimum atomic E-state index is -0.630. The monoisotopic (exact) mass is 385 g/mol. The van der Waals surface area contributed by atoms with E-state index in [9.17, 15) is 9.90 Å². The number of carbonyl (C=O) groups is 1. The number of nitrogens with zero attached hydrogens (tertiary/aromatic N) is 2. The summed E-state index contributed by atoms with van der Waals surface area (Å²) in [6.45, 7) is 2.51. The van der Waals surface area contributed by atoms with Crippen molar-refractivity contribution in [3.63, 3.8) is 0 Å². The maximum Gasteiger partial charge on any atom is 0.270 e. The van der Waals surface area contributed by atoms with Gasteiger partial charge in [0.25, 0.3) is 5.91 Å². The van der Waals surface area contributed by atoms with E-state index in [1.54, 1.807) is 25.1 Å². The molecule has 0 radical (unpaired) electrons. The second-order valence-corrected chi connectivity index (χ2v) is 6.94. The second-order valence-electron chi connectivity index (χ2n) is 6.56. The van der Waals surface area contributed by atoms with Crippen LogP contribution in [0.2, 0.25) is 5.02 Å². The smallest absolute Gasteiger partial charge is 0.270 e. The van der Waals surface area contributed by atoms with Crippen molar-refractivity contribution < 1.29 is 14.6 Å². The van der Waals surface area contributed by atoms with Crippen molar-refractivity contribution in [2.75, 3.05) is 13.2 Å². The van der Waals surface area contributed by atoms with E-state index in [4.69, 9.17) is 21.6 Å². The number of aliphatic hydroxyl groups excluding tert-OH is 1. The number of benzene rings is 1. The number of aromatic nitrogens is 1. The third-order valence-electron chi connectivity index (χ3n) is 4.55. The zero-order valence-corrected chi connectivity index (χ0v) is 15.7. The molecule has 1 aliphatic rings.